The van der Waals surface area contributed by atoms with Crippen molar-refractivity contribution in [3.63, 3.8) is 0 Å². The third-order valence-electron chi connectivity index (χ3n) is 3.04. The number of carbonyl (C=O) groups excluding carboxylic acids is 1. The maximum atomic E-state index is 11.6. The number of anilines is 1. The molecule has 0 fully saturated rings. The second-order valence-corrected chi connectivity index (χ2v) is 4.60. The van der Waals surface area contributed by atoms with E-state index in [-0.39, 0.29) is 24.6 Å². The lowest BCUT2D eigenvalue weighted by Crippen LogP contribution is -2.12. The largest absolute Gasteiger partial charge is 0.486 e. The molecule has 2 rings (SSSR count). The van der Waals surface area contributed by atoms with E-state index in [1.165, 1.54) is 11.8 Å². The Morgan fingerprint density at radius 2 is 2.14 bits per heavy atom. The third kappa shape index (κ3) is 3.94. The molecular formula is C16H19N3O3. The molecule has 22 heavy (non-hydrogen) atoms. The minimum Gasteiger partial charge on any atom is -0.486 e. The van der Waals surface area contributed by atoms with Crippen LogP contribution in [-0.2, 0) is 17.8 Å². The molecule has 0 saturated heterocycles. The Hall–Kier alpha value is -2.63. The number of nitrogens with zero attached hydrogens (tertiary/aromatic N) is 2. The number of hydrogen-bond donors (Lipinski definition) is 1. The molecule has 6 nitrogen and oxygen atoms in total. The molecule has 1 aromatic carbocycles. The predicted octanol–water partition coefficient (Wildman–Crippen LogP) is 2.38. The maximum Gasteiger partial charge on any atom is 0.343 e. The molecule has 6 heteroatoms. The van der Waals surface area contributed by atoms with E-state index >= 15 is 0 Å². The first kappa shape index (κ1) is 15.8. The molecular weight excluding hydrogens is 282 g/mol. The van der Waals surface area contributed by atoms with Gasteiger partial charge in [0.15, 0.2) is 5.82 Å². The smallest absolute Gasteiger partial charge is 0.343 e. The Morgan fingerprint density at radius 3 is 2.82 bits per heavy atom. The normalized spacial score (nSPS) is 10.3. The van der Waals surface area contributed by atoms with E-state index < -0.39 is 5.97 Å². The number of ether oxygens (including phenoxy) is 2. The fourth-order valence-corrected chi connectivity index (χ4v) is 1.87. The van der Waals surface area contributed by atoms with Crippen molar-refractivity contribution >= 4 is 11.8 Å². The minimum absolute atomic E-state index is 0.0920. The Labute approximate surface area is 129 Å². The van der Waals surface area contributed by atoms with E-state index in [2.05, 4.69) is 16.9 Å². The maximum absolute atomic E-state index is 11.6. The van der Waals surface area contributed by atoms with Gasteiger partial charge in [-0.1, -0.05) is 19.1 Å². The summed E-state index contributed by atoms with van der Waals surface area (Å²) < 4.78 is 10.5. The molecule has 0 aliphatic carbocycles. The second kappa shape index (κ2) is 7.40. The van der Waals surface area contributed by atoms with Crippen LogP contribution < -0.4 is 10.5 Å². The monoisotopic (exact) mass is 301 g/mol. The molecule has 116 valence electrons. The summed E-state index contributed by atoms with van der Waals surface area (Å²) in [6.07, 6.45) is 2.30. The lowest BCUT2D eigenvalue weighted by Gasteiger charge is -2.08. The Morgan fingerprint density at radius 1 is 1.32 bits per heavy atom. The zero-order chi connectivity index (χ0) is 15.9. The lowest BCUT2D eigenvalue weighted by molar-refractivity contribution is 0.0526. The van der Waals surface area contributed by atoms with Crippen molar-refractivity contribution in [3.05, 3.63) is 47.4 Å². The van der Waals surface area contributed by atoms with E-state index in [0.717, 1.165) is 12.2 Å². The molecule has 0 unspecified atom stereocenters. The molecule has 0 bridgehead atoms. The average molecular weight is 301 g/mol. The zero-order valence-corrected chi connectivity index (χ0v) is 12.7. The van der Waals surface area contributed by atoms with Gasteiger partial charge in [0, 0.05) is 6.20 Å². The predicted molar refractivity (Wildman–Crippen MR) is 82.6 cm³/mol. The van der Waals surface area contributed by atoms with Gasteiger partial charge in [0.05, 0.1) is 6.61 Å². The number of carbonyl (C=O) groups is 1. The Balaban J connectivity index is 2.04. The number of aryl methyl sites for hydroxylation is 1. The lowest BCUT2D eigenvalue weighted by atomic mass is 10.2. The fraction of sp³-hybridized carbons (Fsp3) is 0.312. The van der Waals surface area contributed by atoms with E-state index in [4.69, 9.17) is 15.2 Å². The Bertz CT molecular complexity index is 659. The molecule has 2 aromatic rings. The summed E-state index contributed by atoms with van der Waals surface area (Å²) in [4.78, 5) is 19.8. The van der Waals surface area contributed by atoms with Gasteiger partial charge in [-0.3, -0.25) is 0 Å². The standard InChI is InChI=1S/C16H19N3O3/c1-3-11-6-5-7-12(8-11)22-10-14-18-9-13(15(17)19-14)16(20)21-4-2/h5-9H,3-4,10H2,1-2H3,(H2,17,18,19). The number of benzene rings is 1. The fourth-order valence-electron chi connectivity index (χ4n) is 1.87. The van der Waals surface area contributed by atoms with Gasteiger partial charge >= 0.3 is 5.97 Å². The van der Waals surface area contributed by atoms with Crippen molar-refractivity contribution in [2.45, 2.75) is 26.9 Å². The average Bonchev–Trinajstić information content (AvgIpc) is 2.53. The number of hydrogen-bond acceptors (Lipinski definition) is 6. The quantitative estimate of drug-likeness (QED) is 0.824. The van der Waals surface area contributed by atoms with Crippen molar-refractivity contribution in [2.75, 3.05) is 12.3 Å². The van der Waals surface area contributed by atoms with Crippen LogP contribution >= 0.6 is 0 Å². The molecule has 0 spiro atoms. The van der Waals surface area contributed by atoms with E-state index in [9.17, 15) is 4.79 Å². The first-order chi connectivity index (χ1) is 10.6. The summed E-state index contributed by atoms with van der Waals surface area (Å²) in [6, 6.07) is 7.81. The van der Waals surface area contributed by atoms with Crippen molar-refractivity contribution in [2.24, 2.45) is 0 Å². The summed E-state index contributed by atoms with van der Waals surface area (Å²) in [7, 11) is 0. The van der Waals surface area contributed by atoms with Crippen LogP contribution in [0.3, 0.4) is 0 Å². The Kier molecular flexibility index (Phi) is 5.30. The van der Waals surface area contributed by atoms with Gasteiger partial charge in [-0.15, -0.1) is 0 Å². The first-order valence-corrected chi connectivity index (χ1v) is 7.14. The van der Waals surface area contributed by atoms with Gasteiger partial charge in [0.1, 0.15) is 23.7 Å². The van der Waals surface area contributed by atoms with Crippen LogP contribution in [0, 0.1) is 0 Å². The van der Waals surface area contributed by atoms with E-state index in [1.807, 2.05) is 24.3 Å². The topological polar surface area (TPSA) is 87.3 Å². The summed E-state index contributed by atoms with van der Waals surface area (Å²) in [5.41, 5.74) is 7.12. The number of esters is 1. The highest BCUT2D eigenvalue weighted by Gasteiger charge is 2.13. The van der Waals surface area contributed by atoms with Crippen molar-refractivity contribution < 1.29 is 14.3 Å². The van der Waals surface area contributed by atoms with E-state index in [0.29, 0.717) is 5.82 Å². The van der Waals surface area contributed by atoms with Crippen molar-refractivity contribution in [1.29, 1.82) is 0 Å². The highest BCUT2D eigenvalue weighted by molar-refractivity contribution is 5.93. The SMILES string of the molecule is CCOC(=O)c1cnc(COc2cccc(CC)c2)nc1N. The summed E-state index contributed by atoms with van der Waals surface area (Å²) in [5.74, 6) is 0.723. The van der Waals surface area contributed by atoms with Gasteiger partial charge in [-0.25, -0.2) is 14.8 Å². The molecule has 0 saturated carbocycles. The van der Waals surface area contributed by atoms with Crippen LogP contribution in [0.4, 0.5) is 5.82 Å². The van der Waals surface area contributed by atoms with Gasteiger partial charge in [-0.05, 0) is 31.0 Å². The molecule has 1 aromatic heterocycles. The van der Waals surface area contributed by atoms with Crippen LogP contribution in [0.5, 0.6) is 5.75 Å². The number of rotatable bonds is 6. The molecule has 1 heterocycles. The summed E-state index contributed by atoms with van der Waals surface area (Å²) >= 11 is 0. The second-order valence-electron chi connectivity index (χ2n) is 4.60. The molecule has 2 N–H and O–H groups in total. The van der Waals surface area contributed by atoms with Gasteiger partial charge in [0.25, 0.3) is 0 Å². The van der Waals surface area contributed by atoms with Gasteiger partial charge in [0.2, 0.25) is 0 Å². The van der Waals surface area contributed by atoms with Crippen LogP contribution in [-0.4, -0.2) is 22.5 Å². The number of nitrogens with two attached hydrogens (primary N) is 1. The van der Waals surface area contributed by atoms with Crippen molar-refractivity contribution in [1.82, 2.24) is 9.97 Å². The van der Waals surface area contributed by atoms with Crippen LogP contribution in [0.1, 0.15) is 35.6 Å². The summed E-state index contributed by atoms with van der Waals surface area (Å²) in [5, 5.41) is 0. The minimum atomic E-state index is -0.525. The molecule has 0 radical (unpaired) electrons. The zero-order valence-electron chi connectivity index (χ0n) is 12.7. The highest BCUT2D eigenvalue weighted by Crippen LogP contribution is 2.15. The first-order valence-electron chi connectivity index (χ1n) is 7.14. The highest BCUT2D eigenvalue weighted by atomic mass is 16.5. The molecule has 0 atom stereocenters. The van der Waals surface area contributed by atoms with Gasteiger partial charge in [-0.2, -0.15) is 0 Å². The third-order valence-corrected chi connectivity index (χ3v) is 3.04. The van der Waals surface area contributed by atoms with Gasteiger partial charge < -0.3 is 15.2 Å². The molecule has 0 aliphatic heterocycles. The molecule has 0 amide bonds. The van der Waals surface area contributed by atoms with Crippen LogP contribution in [0.15, 0.2) is 30.5 Å². The summed E-state index contributed by atoms with van der Waals surface area (Å²) in [6.45, 7) is 4.26. The van der Waals surface area contributed by atoms with Crippen molar-refractivity contribution in [3.8, 4) is 5.75 Å². The van der Waals surface area contributed by atoms with Crippen LogP contribution in [0.2, 0.25) is 0 Å². The van der Waals surface area contributed by atoms with Crippen LogP contribution in [0.25, 0.3) is 0 Å². The molecule has 0 aliphatic rings. The number of aromatic nitrogens is 2. The van der Waals surface area contributed by atoms with E-state index in [1.54, 1.807) is 6.92 Å². The number of nitrogen functional groups attached to an aromatic ring is 1.